The van der Waals surface area contributed by atoms with Crippen molar-refractivity contribution in [2.75, 3.05) is 0 Å². The van der Waals surface area contributed by atoms with Gasteiger partial charge in [-0.2, -0.15) is 0 Å². The molecule has 0 unspecified atom stereocenters. The monoisotopic (exact) mass is 291 g/mol. The van der Waals surface area contributed by atoms with E-state index in [1.165, 1.54) is 0 Å². The van der Waals surface area contributed by atoms with Crippen LogP contribution in [0.15, 0.2) is 43.0 Å². The molecule has 0 fully saturated rings. The Morgan fingerprint density at radius 1 is 1.00 bits per heavy atom. The average Bonchev–Trinajstić information content (AvgIpc) is 2.73. The van der Waals surface area contributed by atoms with Crippen LogP contribution in [0.25, 0.3) is 0 Å². The topological polar surface area (TPSA) is 0 Å². The maximum atomic E-state index is 13.0. The third-order valence-corrected chi connectivity index (χ3v) is 8.84. The fourth-order valence-electron chi connectivity index (χ4n) is 1.84. The molecule has 0 N–H and O–H groups in total. The molecule has 0 radical (unpaired) electrons. The zero-order valence-electron chi connectivity index (χ0n) is 10.0. The fraction of sp³-hybridized carbons (Fsp3) is 0.273. The van der Waals surface area contributed by atoms with Gasteiger partial charge in [0.1, 0.15) is 0 Å². The van der Waals surface area contributed by atoms with E-state index < -0.39 is 25.6 Å². The van der Waals surface area contributed by atoms with Crippen LogP contribution in [-0.4, -0.2) is 3.88 Å². The molecule has 4 heteroatoms. The molecule has 0 nitrogen and oxygen atoms in total. The van der Waals surface area contributed by atoms with Gasteiger partial charge in [0.2, 0.25) is 0 Å². The Labute approximate surface area is 97.5 Å². The molecule has 0 aromatic heterocycles. The Hall–Kier alpha value is -0.367. The van der Waals surface area contributed by atoms with Crippen LogP contribution in [-0.2, 0) is 21.8 Å². The van der Waals surface area contributed by atoms with Gasteiger partial charge in [0.15, 0.2) is 0 Å². The van der Waals surface area contributed by atoms with Crippen LogP contribution < -0.4 is 0 Å². The molecule has 0 heterocycles. The minimum atomic E-state index is -3.97. The zero-order chi connectivity index (χ0) is 10.9. The summed E-state index contributed by atoms with van der Waals surface area (Å²) in [5, 5.41) is 0. The van der Waals surface area contributed by atoms with Crippen LogP contribution in [0, 0.1) is 0 Å². The summed E-state index contributed by atoms with van der Waals surface area (Å²) in [5.74, 6) is 0. The van der Waals surface area contributed by atoms with Gasteiger partial charge in [-0.25, -0.2) is 0 Å². The third-order valence-electron chi connectivity index (χ3n) is 2.47. The third kappa shape index (κ3) is 2.42. The molecular weight excluding hydrogens is 280 g/mol. The predicted molar refractivity (Wildman–Crippen MR) is 52.0 cm³/mol. The van der Waals surface area contributed by atoms with Gasteiger partial charge in [-0.15, -0.1) is 0 Å². The Morgan fingerprint density at radius 3 is 1.73 bits per heavy atom. The molecule has 2 rings (SSSR count). The smallest absolute Gasteiger partial charge is 1.00 e. The average molecular weight is 292 g/mol. The molecular formula is C11H12F3Zr-2. The van der Waals surface area contributed by atoms with Crippen molar-refractivity contribution in [3.63, 3.8) is 0 Å². The normalized spacial score (nSPS) is 19.4. The standard InChI is InChI=1S/2C5H5.CF3.Zr.2H/c2*1-2-4-5-3-1;2-1(3)4;;;/h2*1-3H,4H2;;;;/q;;;;2*-1. The molecule has 0 aromatic carbocycles. The molecule has 0 atom stereocenters. The van der Waals surface area contributed by atoms with Crippen molar-refractivity contribution in [1.82, 2.24) is 0 Å². The first-order valence-electron chi connectivity index (χ1n) is 4.75. The van der Waals surface area contributed by atoms with E-state index in [4.69, 9.17) is 0 Å². The molecule has 83 valence electrons. The molecule has 0 saturated carbocycles. The number of rotatable bonds is 2. The minimum Gasteiger partial charge on any atom is -1.00 e. The Balaban J connectivity index is 0.00000128. The van der Waals surface area contributed by atoms with Crippen molar-refractivity contribution in [2.24, 2.45) is 0 Å². The van der Waals surface area contributed by atoms with Crippen LogP contribution in [0.5, 0.6) is 0 Å². The summed E-state index contributed by atoms with van der Waals surface area (Å²) in [5.41, 5.74) is 0. The summed E-state index contributed by atoms with van der Waals surface area (Å²) in [6.45, 7) is 0. The molecule has 0 saturated heterocycles. The van der Waals surface area contributed by atoms with Gasteiger partial charge in [0.25, 0.3) is 0 Å². The summed E-state index contributed by atoms with van der Waals surface area (Å²) in [4.78, 5) is 0. The molecule has 0 aliphatic heterocycles. The number of allylic oxidation sites excluding steroid dienone is 8. The second kappa shape index (κ2) is 4.25. The number of halogens is 3. The summed E-state index contributed by atoms with van der Waals surface area (Å²) in [6.07, 6.45) is 11.4. The van der Waals surface area contributed by atoms with Crippen LogP contribution in [0.1, 0.15) is 15.7 Å². The van der Waals surface area contributed by atoms with Gasteiger partial charge in [-0.1, -0.05) is 0 Å². The van der Waals surface area contributed by atoms with Crippen molar-refractivity contribution in [3.05, 3.63) is 43.0 Å². The van der Waals surface area contributed by atoms with E-state index in [0.717, 1.165) is 0 Å². The van der Waals surface area contributed by atoms with E-state index in [0.29, 0.717) is 19.4 Å². The van der Waals surface area contributed by atoms with E-state index >= 15 is 0 Å². The van der Waals surface area contributed by atoms with Gasteiger partial charge in [-0.05, 0) is 0 Å². The number of hydrogen-bond acceptors (Lipinski definition) is 0. The molecule has 0 aromatic rings. The van der Waals surface area contributed by atoms with Crippen molar-refractivity contribution in [1.29, 1.82) is 0 Å². The SMILES string of the molecule is F[C](F)(F)[Zr]([C]1=CC=CC1)[C]1=CC=CC1.[H-].[H-]. The second-order valence-corrected chi connectivity index (χ2v) is 9.92. The summed E-state index contributed by atoms with van der Waals surface area (Å²) >= 11 is -3.57. The van der Waals surface area contributed by atoms with E-state index in [2.05, 4.69) is 0 Å². The zero-order valence-corrected chi connectivity index (χ0v) is 10.5. The minimum absolute atomic E-state index is 0. The van der Waals surface area contributed by atoms with Crippen LogP contribution in [0.2, 0.25) is 0 Å². The van der Waals surface area contributed by atoms with Crippen LogP contribution in [0.4, 0.5) is 13.2 Å². The first kappa shape index (κ1) is 11.1. The van der Waals surface area contributed by atoms with Crippen molar-refractivity contribution in [3.8, 4) is 0 Å². The quantitative estimate of drug-likeness (QED) is 0.720. The van der Waals surface area contributed by atoms with Crippen molar-refractivity contribution >= 4 is 0 Å². The van der Waals surface area contributed by atoms with Crippen LogP contribution in [0.3, 0.4) is 0 Å². The van der Waals surface area contributed by atoms with Gasteiger partial charge in [0, 0.05) is 0 Å². The fourth-order valence-corrected chi connectivity index (χ4v) is 7.51. The molecule has 15 heavy (non-hydrogen) atoms. The number of hydrogen-bond donors (Lipinski definition) is 0. The van der Waals surface area contributed by atoms with Gasteiger partial charge in [0.05, 0.1) is 0 Å². The second-order valence-electron chi connectivity index (χ2n) is 3.52. The van der Waals surface area contributed by atoms with E-state index in [-0.39, 0.29) is 2.85 Å². The molecule has 2 aliphatic rings. The maximum absolute atomic E-state index is 13.0. The summed E-state index contributed by atoms with van der Waals surface area (Å²) in [6, 6.07) is 0. The van der Waals surface area contributed by atoms with Crippen molar-refractivity contribution in [2.45, 2.75) is 16.7 Å². The Morgan fingerprint density at radius 2 is 1.47 bits per heavy atom. The summed E-state index contributed by atoms with van der Waals surface area (Å²) < 4.78 is 36.3. The van der Waals surface area contributed by atoms with E-state index in [1.807, 2.05) is 12.2 Å². The first-order valence-corrected chi connectivity index (χ1v) is 8.44. The molecule has 0 spiro atoms. The first-order chi connectivity index (χ1) is 7.09. The predicted octanol–water partition coefficient (Wildman–Crippen LogP) is 4.04. The Bertz CT molecular complexity index is 351. The number of alkyl halides is 3. The van der Waals surface area contributed by atoms with Gasteiger partial charge in [-0.3, -0.25) is 0 Å². The summed E-state index contributed by atoms with van der Waals surface area (Å²) in [7, 11) is 0. The molecule has 0 bridgehead atoms. The molecule has 0 amide bonds. The van der Waals surface area contributed by atoms with Gasteiger partial charge < -0.3 is 2.85 Å². The molecule has 2 aliphatic carbocycles. The van der Waals surface area contributed by atoms with Crippen molar-refractivity contribution < 1.29 is 37.8 Å². The maximum Gasteiger partial charge on any atom is -1.00 e. The van der Waals surface area contributed by atoms with E-state index in [9.17, 15) is 13.2 Å². The largest absolute Gasteiger partial charge is 1.00 e. The van der Waals surface area contributed by atoms with Crippen LogP contribution >= 0.6 is 0 Å². The van der Waals surface area contributed by atoms with Gasteiger partial charge >= 0.3 is 94.7 Å². The Kier molecular flexibility index (Phi) is 3.15. The van der Waals surface area contributed by atoms with E-state index in [1.54, 1.807) is 24.3 Å².